The summed E-state index contributed by atoms with van der Waals surface area (Å²) in [5.41, 5.74) is 0. The summed E-state index contributed by atoms with van der Waals surface area (Å²) in [5, 5.41) is 7.60. The fourth-order valence-electron chi connectivity index (χ4n) is 3.36. The first-order valence-electron chi connectivity index (χ1n) is 7.96. The summed E-state index contributed by atoms with van der Waals surface area (Å²) in [4.78, 5) is 6.94. The fourth-order valence-corrected chi connectivity index (χ4v) is 3.36. The zero-order valence-electron chi connectivity index (χ0n) is 13.0. The van der Waals surface area contributed by atoms with E-state index in [-0.39, 0.29) is 18.4 Å². The number of hydrogen-bond donors (Lipinski definition) is 1. The molecule has 21 heavy (non-hydrogen) atoms. The van der Waals surface area contributed by atoms with Crippen LogP contribution in [0.3, 0.4) is 0 Å². The number of halogens is 1. The van der Waals surface area contributed by atoms with E-state index in [1.807, 2.05) is 0 Å². The van der Waals surface area contributed by atoms with E-state index in [0.29, 0.717) is 0 Å². The Hall–Kier alpha value is -0.650. The van der Waals surface area contributed by atoms with Crippen LogP contribution in [0.25, 0.3) is 0 Å². The molecule has 1 aromatic rings. The Morgan fingerprint density at radius 2 is 2.05 bits per heavy atom. The Labute approximate surface area is 133 Å². The second-order valence-electron chi connectivity index (χ2n) is 6.58. The first kappa shape index (κ1) is 16.7. The van der Waals surface area contributed by atoms with E-state index in [9.17, 15) is 0 Å². The SMILES string of the molecule is CC1CCC(Cc2nc(C3CNCCN3C)no2)CC1.Cl. The van der Waals surface area contributed by atoms with Crippen LogP contribution in [0.15, 0.2) is 4.52 Å². The standard InChI is InChI=1S/C15H26N4O.ClH/c1-11-3-5-12(6-4-11)9-14-17-15(18-20-14)13-10-16-7-8-19(13)2;/h11-13,16H,3-10H2,1-2H3;1H. The van der Waals surface area contributed by atoms with Crippen molar-refractivity contribution in [2.75, 3.05) is 26.7 Å². The molecule has 120 valence electrons. The highest BCUT2D eigenvalue weighted by atomic mass is 35.5. The number of likely N-dealkylation sites (N-methyl/N-ethyl adjacent to an activating group) is 1. The average molecular weight is 315 g/mol. The lowest BCUT2D eigenvalue weighted by atomic mass is 9.81. The van der Waals surface area contributed by atoms with Crippen LogP contribution in [-0.4, -0.2) is 41.7 Å². The lowest BCUT2D eigenvalue weighted by Crippen LogP contribution is -2.44. The predicted molar refractivity (Wildman–Crippen MR) is 84.6 cm³/mol. The normalized spacial score (nSPS) is 30.9. The molecule has 0 spiro atoms. The molecule has 5 nitrogen and oxygen atoms in total. The van der Waals surface area contributed by atoms with Crippen molar-refractivity contribution in [3.05, 3.63) is 11.7 Å². The molecule has 1 unspecified atom stereocenters. The summed E-state index contributed by atoms with van der Waals surface area (Å²) in [7, 11) is 2.13. The molecule has 2 aliphatic rings. The zero-order valence-corrected chi connectivity index (χ0v) is 13.9. The number of hydrogen-bond acceptors (Lipinski definition) is 5. The van der Waals surface area contributed by atoms with Crippen molar-refractivity contribution in [3.8, 4) is 0 Å². The first-order chi connectivity index (χ1) is 9.72. The number of nitrogens with one attached hydrogen (secondary N) is 1. The minimum atomic E-state index is 0. The molecule has 1 aromatic heterocycles. The van der Waals surface area contributed by atoms with Crippen LogP contribution in [0, 0.1) is 11.8 Å². The molecule has 1 saturated carbocycles. The smallest absolute Gasteiger partial charge is 0.226 e. The molecule has 1 aliphatic heterocycles. The summed E-state index contributed by atoms with van der Waals surface area (Å²) in [6.45, 7) is 5.34. The number of piperazine rings is 1. The van der Waals surface area contributed by atoms with Gasteiger partial charge in [-0.2, -0.15) is 4.98 Å². The van der Waals surface area contributed by atoms with Crippen LogP contribution in [0.4, 0.5) is 0 Å². The molecular weight excluding hydrogens is 288 g/mol. The molecule has 1 N–H and O–H groups in total. The zero-order chi connectivity index (χ0) is 13.9. The van der Waals surface area contributed by atoms with Crippen molar-refractivity contribution in [3.63, 3.8) is 0 Å². The van der Waals surface area contributed by atoms with Gasteiger partial charge in [0.25, 0.3) is 0 Å². The van der Waals surface area contributed by atoms with Crippen LogP contribution >= 0.6 is 12.4 Å². The fraction of sp³-hybridized carbons (Fsp3) is 0.867. The Morgan fingerprint density at radius 1 is 1.29 bits per heavy atom. The third-order valence-corrected chi connectivity index (χ3v) is 4.89. The Balaban J connectivity index is 0.00000161. The van der Waals surface area contributed by atoms with Gasteiger partial charge >= 0.3 is 0 Å². The maximum absolute atomic E-state index is 5.48. The van der Waals surface area contributed by atoms with Crippen molar-refractivity contribution in [2.45, 2.75) is 45.1 Å². The van der Waals surface area contributed by atoms with E-state index in [4.69, 9.17) is 4.52 Å². The van der Waals surface area contributed by atoms with Gasteiger partial charge in [-0.15, -0.1) is 12.4 Å². The summed E-state index contributed by atoms with van der Waals surface area (Å²) in [6.07, 6.45) is 6.28. The molecule has 6 heteroatoms. The second-order valence-corrected chi connectivity index (χ2v) is 6.58. The Morgan fingerprint density at radius 3 is 2.76 bits per heavy atom. The number of aromatic nitrogens is 2. The van der Waals surface area contributed by atoms with Crippen LogP contribution in [0.1, 0.15) is 50.4 Å². The maximum atomic E-state index is 5.48. The molecule has 2 heterocycles. The largest absolute Gasteiger partial charge is 0.339 e. The van der Waals surface area contributed by atoms with Crippen molar-refractivity contribution >= 4 is 12.4 Å². The molecular formula is C15H27ClN4O. The predicted octanol–water partition coefficient (Wildman–Crippen LogP) is 2.44. The minimum Gasteiger partial charge on any atom is -0.339 e. The van der Waals surface area contributed by atoms with Gasteiger partial charge in [0.2, 0.25) is 5.89 Å². The summed E-state index contributed by atoms with van der Waals surface area (Å²) >= 11 is 0. The van der Waals surface area contributed by atoms with Gasteiger partial charge in [-0.1, -0.05) is 24.9 Å². The van der Waals surface area contributed by atoms with E-state index in [2.05, 4.69) is 34.3 Å². The third kappa shape index (κ3) is 4.18. The summed E-state index contributed by atoms with van der Waals surface area (Å²) in [5.74, 6) is 3.31. The molecule has 1 atom stereocenters. The van der Waals surface area contributed by atoms with Gasteiger partial charge in [-0.25, -0.2) is 0 Å². The van der Waals surface area contributed by atoms with E-state index in [1.54, 1.807) is 0 Å². The summed E-state index contributed by atoms with van der Waals surface area (Å²) < 4.78 is 5.48. The van der Waals surface area contributed by atoms with Gasteiger partial charge in [0, 0.05) is 26.1 Å². The second kappa shape index (κ2) is 7.56. The van der Waals surface area contributed by atoms with E-state index < -0.39 is 0 Å². The van der Waals surface area contributed by atoms with Gasteiger partial charge in [0.15, 0.2) is 5.82 Å². The third-order valence-electron chi connectivity index (χ3n) is 4.89. The van der Waals surface area contributed by atoms with Crippen molar-refractivity contribution in [2.24, 2.45) is 11.8 Å². The molecule has 2 fully saturated rings. The van der Waals surface area contributed by atoms with Crippen LogP contribution < -0.4 is 5.32 Å². The topological polar surface area (TPSA) is 54.2 Å². The average Bonchev–Trinajstić information content (AvgIpc) is 2.90. The van der Waals surface area contributed by atoms with Crippen LogP contribution in [0.5, 0.6) is 0 Å². The van der Waals surface area contributed by atoms with Gasteiger partial charge < -0.3 is 9.84 Å². The molecule has 0 amide bonds. The highest BCUT2D eigenvalue weighted by Gasteiger charge is 2.26. The molecule has 0 bridgehead atoms. The lowest BCUT2D eigenvalue weighted by molar-refractivity contribution is 0.190. The van der Waals surface area contributed by atoms with Gasteiger partial charge in [0.1, 0.15) is 0 Å². The number of rotatable bonds is 3. The summed E-state index contributed by atoms with van der Waals surface area (Å²) in [6, 6.07) is 0.257. The number of nitrogens with zero attached hydrogens (tertiary/aromatic N) is 3. The maximum Gasteiger partial charge on any atom is 0.226 e. The molecule has 1 aliphatic carbocycles. The molecule has 0 radical (unpaired) electrons. The van der Waals surface area contributed by atoms with Crippen molar-refractivity contribution < 1.29 is 4.52 Å². The molecule has 3 rings (SSSR count). The van der Waals surface area contributed by atoms with E-state index in [0.717, 1.165) is 49.6 Å². The first-order valence-corrected chi connectivity index (χ1v) is 7.96. The van der Waals surface area contributed by atoms with Crippen molar-refractivity contribution in [1.29, 1.82) is 0 Å². The van der Waals surface area contributed by atoms with Crippen LogP contribution in [0.2, 0.25) is 0 Å². The molecule has 1 saturated heterocycles. The minimum absolute atomic E-state index is 0. The van der Waals surface area contributed by atoms with E-state index in [1.165, 1.54) is 25.7 Å². The highest BCUT2D eigenvalue weighted by Crippen LogP contribution is 2.30. The lowest BCUT2D eigenvalue weighted by Gasteiger charge is -2.30. The monoisotopic (exact) mass is 314 g/mol. The highest BCUT2D eigenvalue weighted by molar-refractivity contribution is 5.85. The van der Waals surface area contributed by atoms with Gasteiger partial charge in [-0.05, 0) is 31.7 Å². The quantitative estimate of drug-likeness (QED) is 0.928. The van der Waals surface area contributed by atoms with Gasteiger partial charge in [0.05, 0.1) is 6.04 Å². The van der Waals surface area contributed by atoms with Crippen molar-refractivity contribution in [1.82, 2.24) is 20.4 Å². The Bertz CT molecular complexity index is 431. The van der Waals surface area contributed by atoms with Gasteiger partial charge in [-0.3, -0.25) is 4.90 Å². The molecule has 0 aromatic carbocycles. The van der Waals surface area contributed by atoms with Crippen LogP contribution in [-0.2, 0) is 6.42 Å². The Kier molecular flexibility index (Phi) is 6.02. The van der Waals surface area contributed by atoms with E-state index >= 15 is 0 Å².